The monoisotopic (exact) mass is 476 g/mol. The van der Waals surface area contributed by atoms with Crippen LogP contribution < -0.4 is 15.5 Å². The van der Waals surface area contributed by atoms with E-state index in [1.807, 2.05) is 29.6 Å². The van der Waals surface area contributed by atoms with Crippen molar-refractivity contribution in [2.24, 2.45) is 0 Å². The molecule has 0 saturated carbocycles. The van der Waals surface area contributed by atoms with Crippen LogP contribution in [0, 0.1) is 0 Å². The summed E-state index contributed by atoms with van der Waals surface area (Å²) >= 11 is 1.42. The van der Waals surface area contributed by atoms with Crippen LogP contribution in [0.25, 0.3) is 22.6 Å². The lowest BCUT2D eigenvalue weighted by molar-refractivity contribution is -0.139. The van der Waals surface area contributed by atoms with Gasteiger partial charge >= 0.3 is 6.03 Å². The summed E-state index contributed by atoms with van der Waals surface area (Å²) in [4.78, 5) is 47.7. The number of para-hydroxylation sites is 2. The molecule has 1 aliphatic rings. The van der Waals surface area contributed by atoms with Gasteiger partial charge in [0.2, 0.25) is 0 Å². The minimum absolute atomic E-state index is 0.163. The molecule has 1 saturated heterocycles. The molecule has 2 aromatic carbocycles. The average Bonchev–Trinajstić information content (AvgIpc) is 3.55. The number of carbonyl (C=O) groups excluding carboxylic acids is 3. The van der Waals surface area contributed by atoms with E-state index in [-0.39, 0.29) is 6.54 Å². The second-order valence-corrected chi connectivity index (χ2v) is 8.56. The molecular formula is C23H20N6O4S. The minimum Gasteiger partial charge on any atom is -0.497 e. The third kappa shape index (κ3) is 3.55. The number of rotatable bonds is 6. The van der Waals surface area contributed by atoms with Crippen molar-refractivity contribution in [3.8, 4) is 17.3 Å². The highest BCUT2D eigenvalue weighted by atomic mass is 32.1. The first-order valence-corrected chi connectivity index (χ1v) is 11.3. The van der Waals surface area contributed by atoms with Crippen molar-refractivity contribution in [1.82, 2.24) is 30.3 Å². The Kier molecular flexibility index (Phi) is 5.25. The van der Waals surface area contributed by atoms with E-state index in [2.05, 4.69) is 20.7 Å². The lowest BCUT2D eigenvalue weighted by Crippen LogP contribution is -2.48. The zero-order valence-electron chi connectivity index (χ0n) is 18.3. The fraction of sp³-hybridized carbons (Fsp3) is 0.174. The van der Waals surface area contributed by atoms with Gasteiger partial charge in [-0.3, -0.25) is 15.0 Å². The number of carbonyl (C=O) groups is 3. The first-order valence-electron chi connectivity index (χ1n) is 10.4. The van der Waals surface area contributed by atoms with E-state index in [9.17, 15) is 14.4 Å². The fourth-order valence-corrected chi connectivity index (χ4v) is 4.45. The number of nitrogens with zero attached hydrogens (tertiary/aromatic N) is 4. The minimum atomic E-state index is -1.33. The molecule has 5 rings (SSSR count). The molecule has 0 bridgehead atoms. The number of imide groups is 1. The van der Waals surface area contributed by atoms with E-state index < -0.39 is 23.4 Å². The van der Waals surface area contributed by atoms with Crippen molar-refractivity contribution >= 4 is 40.2 Å². The lowest BCUT2D eigenvalue weighted by Gasteiger charge is -2.22. The lowest BCUT2D eigenvalue weighted by atomic mass is 9.92. The Bertz CT molecular complexity index is 1400. The predicted octanol–water partition coefficient (Wildman–Crippen LogP) is 2.67. The Morgan fingerprint density at radius 1 is 1.18 bits per heavy atom. The molecule has 0 aliphatic carbocycles. The number of fused-ring (bicyclic) bond motifs is 1. The van der Waals surface area contributed by atoms with Gasteiger partial charge in [-0.05, 0) is 36.8 Å². The zero-order valence-corrected chi connectivity index (χ0v) is 19.1. The SMILES string of the molecule is COc1ccc(C2(C)NC(=O)N(NC(=O)Cn3c(-c4cscn4)nc4ccccc43)C2=O)cc1. The summed E-state index contributed by atoms with van der Waals surface area (Å²) in [5.74, 6) is 0.00368. The number of methoxy groups -OCH3 is 1. The third-order valence-electron chi connectivity index (χ3n) is 5.71. The van der Waals surface area contributed by atoms with E-state index in [0.29, 0.717) is 33.4 Å². The average molecular weight is 477 g/mol. The van der Waals surface area contributed by atoms with Crippen molar-refractivity contribution < 1.29 is 19.1 Å². The van der Waals surface area contributed by atoms with E-state index in [0.717, 1.165) is 5.52 Å². The van der Waals surface area contributed by atoms with Crippen LogP contribution in [0.15, 0.2) is 59.4 Å². The van der Waals surface area contributed by atoms with Gasteiger partial charge in [0.1, 0.15) is 23.5 Å². The number of imidazole rings is 1. The number of aromatic nitrogens is 3. The van der Waals surface area contributed by atoms with Crippen molar-refractivity contribution in [3.63, 3.8) is 0 Å². The van der Waals surface area contributed by atoms with Crippen LogP contribution in [0.1, 0.15) is 12.5 Å². The summed E-state index contributed by atoms with van der Waals surface area (Å²) in [6.07, 6.45) is 0. The summed E-state index contributed by atoms with van der Waals surface area (Å²) in [6.45, 7) is 1.43. The number of nitrogens with one attached hydrogen (secondary N) is 2. The second-order valence-electron chi connectivity index (χ2n) is 7.84. The van der Waals surface area contributed by atoms with Crippen LogP contribution in [0.2, 0.25) is 0 Å². The summed E-state index contributed by atoms with van der Waals surface area (Å²) < 4.78 is 6.86. The molecule has 34 heavy (non-hydrogen) atoms. The normalized spacial score (nSPS) is 17.8. The second kappa shape index (κ2) is 8.27. The smallest absolute Gasteiger partial charge is 0.344 e. The number of ether oxygens (including phenoxy) is 1. The van der Waals surface area contributed by atoms with Gasteiger partial charge in [0, 0.05) is 5.38 Å². The highest BCUT2D eigenvalue weighted by molar-refractivity contribution is 7.07. The highest BCUT2D eigenvalue weighted by Gasteiger charge is 2.50. The topological polar surface area (TPSA) is 118 Å². The predicted molar refractivity (Wildman–Crippen MR) is 125 cm³/mol. The summed E-state index contributed by atoms with van der Waals surface area (Å²) in [7, 11) is 1.54. The molecule has 0 radical (unpaired) electrons. The van der Waals surface area contributed by atoms with Crippen molar-refractivity contribution in [2.75, 3.05) is 7.11 Å². The molecule has 3 heterocycles. The van der Waals surface area contributed by atoms with Gasteiger partial charge in [-0.25, -0.2) is 14.8 Å². The Hall–Kier alpha value is -4.25. The largest absolute Gasteiger partial charge is 0.497 e. The molecule has 1 unspecified atom stereocenters. The van der Waals surface area contributed by atoms with Crippen LogP contribution in [0.4, 0.5) is 4.79 Å². The molecule has 1 aliphatic heterocycles. The number of hydrogen-bond donors (Lipinski definition) is 2. The number of hydrogen-bond acceptors (Lipinski definition) is 7. The molecule has 1 fully saturated rings. The molecule has 0 spiro atoms. The Morgan fingerprint density at radius 2 is 1.94 bits per heavy atom. The maximum Gasteiger partial charge on any atom is 0.344 e. The Balaban J connectivity index is 1.39. The first-order chi connectivity index (χ1) is 16.4. The van der Waals surface area contributed by atoms with Crippen LogP contribution in [0.5, 0.6) is 5.75 Å². The van der Waals surface area contributed by atoms with Gasteiger partial charge in [0.25, 0.3) is 11.8 Å². The van der Waals surface area contributed by atoms with E-state index in [1.54, 1.807) is 48.4 Å². The van der Waals surface area contributed by atoms with E-state index in [1.165, 1.54) is 11.3 Å². The van der Waals surface area contributed by atoms with Crippen LogP contribution in [-0.2, 0) is 21.7 Å². The summed E-state index contributed by atoms with van der Waals surface area (Å²) in [5.41, 5.74) is 5.45. The molecule has 1 atom stereocenters. The van der Waals surface area contributed by atoms with Crippen LogP contribution in [0.3, 0.4) is 0 Å². The molecule has 10 nitrogen and oxygen atoms in total. The van der Waals surface area contributed by atoms with E-state index in [4.69, 9.17) is 4.74 Å². The maximum atomic E-state index is 13.2. The molecule has 2 N–H and O–H groups in total. The quantitative estimate of drug-likeness (QED) is 0.413. The molecule has 4 aromatic rings. The number of urea groups is 1. The van der Waals surface area contributed by atoms with Gasteiger partial charge in [0.05, 0.1) is 23.7 Å². The molecule has 172 valence electrons. The summed E-state index contributed by atoms with van der Waals surface area (Å²) in [5, 5.41) is 5.22. The van der Waals surface area contributed by atoms with E-state index >= 15 is 0 Å². The van der Waals surface area contributed by atoms with Gasteiger partial charge in [-0.2, -0.15) is 5.01 Å². The van der Waals surface area contributed by atoms with Crippen LogP contribution >= 0.6 is 11.3 Å². The molecule has 4 amide bonds. The fourth-order valence-electron chi connectivity index (χ4n) is 3.92. The standard InChI is InChI=1S/C23H20N6O4S/c1-23(14-7-9-15(33-2)10-8-14)21(31)29(22(32)26-23)27-19(30)11-28-18-6-4-3-5-16(18)25-20(28)17-12-34-13-24-17/h3-10,12-13H,11H2,1-2H3,(H,26,32)(H,27,30). The number of amides is 4. The van der Waals surface area contributed by atoms with Gasteiger partial charge in [-0.15, -0.1) is 11.3 Å². The maximum absolute atomic E-state index is 13.2. The van der Waals surface area contributed by atoms with Gasteiger partial charge < -0.3 is 14.6 Å². The first kappa shape index (κ1) is 21.6. The van der Waals surface area contributed by atoms with Gasteiger partial charge in [-0.1, -0.05) is 24.3 Å². The Morgan fingerprint density at radius 3 is 2.65 bits per heavy atom. The van der Waals surface area contributed by atoms with Gasteiger partial charge in [0.15, 0.2) is 5.82 Å². The highest BCUT2D eigenvalue weighted by Crippen LogP contribution is 2.29. The van der Waals surface area contributed by atoms with Crippen molar-refractivity contribution in [1.29, 1.82) is 0 Å². The molecular weight excluding hydrogens is 456 g/mol. The third-order valence-corrected chi connectivity index (χ3v) is 6.30. The zero-order chi connectivity index (χ0) is 23.9. The molecule has 11 heteroatoms. The molecule has 2 aromatic heterocycles. The number of benzene rings is 2. The Labute approximate surface area is 198 Å². The summed E-state index contributed by atoms with van der Waals surface area (Å²) in [6, 6.07) is 13.5. The van der Waals surface area contributed by atoms with Crippen LogP contribution in [-0.4, -0.2) is 44.5 Å². The number of hydrazine groups is 1. The van der Waals surface area contributed by atoms with Crippen molar-refractivity contribution in [3.05, 3.63) is 65.0 Å². The number of thiazole rings is 1. The van der Waals surface area contributed by atoms with Crippen molar-refractivity contribution in [2.45, 2.75) is 19.0 Å².